The summed E-state index contributed by atoms with van der Waals surface area (Å²) in [5.41, 5.74) is 1.22. The molecule has 1 aromatic rings. The Hall–Kier alpha value is -2.08. The largest absolute Gasteiger partial charge is 0.481 e. The van der Waals surface area contributed by atoms with Crippen LogP contribution in [0.5, 0.6) is 5.75 Å². The van der Waals surface area contributed by atoms with Gasteiger partial charge in [0.05, 0.1) is 6.54 Å². The summed E-state index contributed by atoms with van der Waals surface area (Å²) in [6, 6.07) is 7.57. The number of benzene rings is 1. The van der Waals surface area contributed by atoms with E-state index < -0.39 is 24.1 Å². The van der Waals surface area contributed by atoms with Gasteiger partial charge in [0.15, 0.2) is 12.2 Å². The molecule has 0 aliphatic heterocycles. The van der Waals surface area contributed by atoms with Crippen LogP contribution in [0.1, 0.15) is 33.3 Å². The normalized spacial score (nSPS) is 14.0. The van der Waals surface area contributed by atoms with E-state index in [1.54, 1.807) is 6.92 Å². The lowest BCUT2D eigenvalue weighted by Gasteiger charge is -2.20. The molecule has 2 N–H and O–H groups in total. The Balaban J connectivity index is 2.56. The molecule has 1 amide bonds. The van der Waals surface area contributed by atoms with Crippen molar-refractivity contribution in [3.05, 3.63) is 29.8 Å². The number of methoxy groups -OCH3 is 1. The summed E-state index contributed by atoms with van der Waals surface area (Å²) in [5, 5.41) is 11.3. The molecule has 0 spiro atoms. The average molecular weight is 323 g/mol. The number of carboxylic acid groups (broad SMARTS) is 1. The first kappa shape index (κ1) is 19.0. The summed E-state index contributed by atoms with van der Waals surface area (Å²) in [6.45, 7) is 7.85. The van der Waals surface area contributed by atoms with E-state index >= 15 is 0 Å². The van der Waals surface area contributed by atoms with Crippen molar-refractivity contribution in [2.75, 3.05) is 13.7 Å². The van der Waals surface area contributed by atoms with Gasteiger partial charge in [-0.25, -0.2) is 4.79 Å². The van der Waals surface area contributed by atoms with E-state index in [0.717, 1.165) is 0 Å². The predicted octanol–water partition coefficient (Wildman–Crippen LogP) is 1.97. The van der Waals surface area contributed by atoms with Gasteiger partial charge in [0.25, 0.3) is 5.91 Å². The number of hydrogen-bond acceptors (Lipinski definition) is 4. The van der Waals surface area contributed by atoms with Gasteiger partial charge < -0.3 is 19.9 Å². The van der Waals surface area contributed by atoms with Crippen molar-refractivity contribution in [3.63, 3.8) is 0 Å². The number of hydrogen-bond donors (Lipinski definition) is 2. The van der Waals surface area contributed by atoms with E-state index in [2.05, 4.69) is 26.1 Å². The zero-order valence-corrected chi connectivity index (χ0v) is 14.3. The molecular weight excluding hydrogens is 298 g/mol. The molecule has 0 fully saturated rings. The molecule has 0 saturated heterocycles. The summed E-state index contributed by atoms with van der Waals surface area (Å²) in [4.78, 5) is 22.7. The Kier molecular flexibility index (Phi) is 6.57. The number of carboxylic acids is 1. The molecule has 0 aliphatic carbocycles. The zero-order valence-electron chi connectivity index (χ0n) is 14.3. The van der Waals surface area contributed by atoms with Crippen LogP contribution in [0.4, 0.5) is 0 Å². The van der Waals surface area contributed by atoms with E-state index in [1.165, 1.54) is 12.7 Å². The van der Waals surface area contributed by atoms with E-state index in [0.29, 0.717) is 5.75 Å². The Bertz CT molecular complexity index is 533. The number of carbonyl (C=O) groups is 2. The van der Waals surface area contributed by atoms with Gasteiger partial charge >= 0.3 is 5.97 Å². The van der Waals surface area contributed by atoms with Crippen LogP contribution in [-0.4, -0.2) is 42.8 Å². The van der Waals surface area contributed by atoms with Gasteiger partial charge in [-0.15, -0.1) is 0 Å². The van der Waals surface area contributed by atoms with Gasteiger partial charge in [-0.1, -0.05) is 32.9 Å². The van der Waals surface area contributed by atoms with Gasteiger partial charge in [0, 0.05) is 7.11 Å². The standard InChI is InChI=1S/C17H25NO5/c1-11(15(19)18-10-14(22-5)16(20)21)23-13-8-6-12(7-9-13)17(2,3)4/h6-9,11,14H,10H2,1-5H3,(H,18,19)(H,20,21). The van der Waals surface area contributed by atoms with Gasteiger partial charge in [-0.3, -0.25) is 4.79 Å². The smallest absolute Gasteiger partial charge is 0.334 e. The average Bonchev–Trinajstić information content (AvgIpc) is 2.46. The van der Waals surface area contributed by atoms with Crippen LogP contribution >= 0.6 is 0 Å². The molecule has 1 aromatic carbocycles. The molecule has 0 radical (unpaired) electrons. The minimum Gasteiger partial charge on any atom is -0.481 e. The highest BCUT2D eigenvalue weighted by atomic mass is 16.5. The fraction of sp³-hybridized carbons (Fsp3) is 0.529. The Labute approximate surface area is 136 Å². The number of aliphatic carboxylic acids is 1. The summed E-state index contributed by atoms with van der Waals surface area (Å²) < 4.78 is 10.3. The third-order valence-electron chi connectivity index (χ3n) is 3.42. The molecule has 0 heterocycles. The van der Waals surface area contributed by atoms with Crippen molar-refractivity contribution in [3.8, 4) is 5.75 Å². The maximum atomic E-state index is 11.9. The Morgan fingerprint density at radius 2 is 1.78 bits per heavy atom. The van der Waals surface area contributed by atoms with Gasteiger partial charge in [-0.05, 0) is 30.0 Å². The maximum Gasteiger partial charge on any atom is 0.334 e. The highest BCUT2D eigenvalue weighted by molar-refractivity contribution is 5.81. The fourth-order valence-corrected chi connectivity index (χ4v) is 1.90. The highest BCUT2D eigenvalue weighted by Crippen LogP contribution is 2.24. The zero-order chi connectivity index (χ0) is 17.6. The molecular formula is C17H25NO5. The Morgan fingerprint density at radius 3 is 2.22 bits per heavy atom. The second-order valence-electron chi connectivity index (χ2n) is 6.34. The second-order valence-corrected chi connectivity index (χ2v) is 6.34. The SMILES string of the molecule is COC(CNC(=O)C(C)Oc1ccc(C(C)(C)C)cc1)C(=O)O. The summed E-state index contributed by atoms with van der Waals surface area (Å²) >= 11 is 0. The molecule has 1 rings (SSSR count). The third-order valence-corrected chi connectivity index (χ3v) is 3.42. The number of carbonyl (C=O) groups excluding carboxylic acids is 1. The number of rotatable bonds is 7. The first-order valence-electron chi connectivity index (χ1n) is 7.45. The highest BCUT2D eigenvalue weighted by Gasteiger charge is 2.20. The maximum absolute atomic E-state index is 11.9. The molecule has 0 aromatic heterocycles. The minimum absolute atomic E-state index is 0.0491. The van der Waals surface area contributed by atoms with Gasteiger partial charge in [0.2, 0.25) is 0 Å². The molecule has 2 unspecified atom stereocenters. The lowest BCUT2D eigenvalue weighted by atomic mass is 9.87. The Morgan fingerprint density at radius 1 is 1.22 bits per heavy atom. The van der Waals surface area contributed by atoms with Crippen molar-refractivity contribution in [1.29, 1.82) is 0 Å². The first-order valence-corrected chi connectivity index (χ1v) is 7.45. The molecule has 128 valence electrons. The van der Waals surface area contributed by atoms with Crippen LogP contribution in [0.2, 0.25) is 0 Å². The van der Waals surface area contributed by atoms with Crippen LogP contribution in [0.25, 0.3) is 0 Å². The molecule has 0 saturated carbocycles. The summed E-state index contributed by atoms with van der Waals surface area (Å²) in [6.07, 6.45) is -1.81. The molecule has 2 atom stereocenters. The van der Waals surface area contributed by atoms with Crippen LogP contribution in [0, 0.1) is 0 Å². The third kappa shape index (κ3) is 5.90. The summed E-state index contributed by atoms with van der Waals surface area (Å²) in [7, 11) is 1.28. The quantitative estimate of drug-likeness (QED) is 0.801. The fourth-order valence-electron chi connectivity index (χ4n) is 1.90. The van der Waals surface area contributed by atoms with Crippen LogP contribution in [-0.2, 0) is 19.7 Å². The van der Waals surface area contributed by atoms with Crippen molar-refractivity contribution < 1.29 is 24.2 Å². The van der Waals surface area contributed by atoms with E-state index in [1.807, 2.05) is 24.3 Å². The second kappa shape index (κ2) is 7.97. The molecule has 0 bridgehead atoms. The lowest BCUT2D eigenvalue weighted by molar-refractivity contribution is -0.148. The van der Waals surface area contributed by atoms with Gasteiger partial charge in [-0.2, -0.15) is 0 Å². The lowest BCUT2D eigenvalue weighted by Crippen LogP contribution is -2.43. The molecule has 23 heavy (non-hydrogen) atoms. The topological polar surface area (TPSA) is 84.9 Å². The van der Waals surface area contributed by atoms with Crippen LogP contribution < -0.4 is 10.1 Å². The predicted molar refractivity (Wildman–Crippen MR) is 86.7 cm³/mol. The van der Waals surface area contributed by atoms with Crippen LogP contribution in [0.15, 0.2) is 24.3 Å². The van der Waals surface area contributed by atoms with Crippen LogP contribution in [0.3, 0.4) is 0 Å². The van der Waals surface area contributed by atoms with Crippen molar-refractivity contribution in [2.24, 2.45) is 0 Å². The van der Waals surface area contributed by atoms with E-state index in [-0.39, 0.29) is 12.0 Å². The minimum atomic E-state index is -1.13. The van der Waals surface area contributed by atoms with Crippen molar-refractivity contribution >= 4 is 11.9 Å². The van der Waals surface area contributed by atoms with E-state index in [9.17, 15) is 9.59 Å². The first-order chi connectivity index (χ1) is 10.6. The molecule has 6 nitrogen and oxygen atoms in total. The van der Waals surface area contributed by atoms with Crippen molar-refractivity contribution in [2.45, 2.75) is 45.3 Å². The monoisotopic (exact) mass is 323 g/mol. The molecule has 0 aliphatic rings. The number of nitrogens with one attached hydrogen (secondary N) is 1. The summed E-state index contributed by atoms with van der Waals surface area (Å²) in [5.74, 6) is -0.936. The van der Waals surface area contributed by atoms with E-state index in [4.69, 9.17) is 14.6 Å². The van der Waals surface area contributed by atoms with Gasteiger partial charge in [0.1, 0.15) is 5.75 Å². The molecule has 6 heteroatoms. The number of ether oxygens (including phenoxy) is 2. The van der Waals surface area contributed by atoms with Crippen molar-refractivity contribution in [1.82, 2.24) is 5.32 Å². The number of amides is 1.